The summed E-state index contributed by atoms with van der Waals surface area (Å²) in [4.78, 5) is 22.7. The number of anilines is 1. The fraction of sp³-hybridized carbons (Fsp3) is 0.312. The van der Waals surface area contributed by atoms with Crippen molar-refractivity contribution in [2.75, 3.05) is 18.0 Å². The highest BCUT2D eigenvalue weighted by molar-refractivity contribution is 6.32. The highest BCUT2D eigenvalue weighted by Gasteiger charge is 2.13. The molecule has 0 unspecified atom stereocenters. The molecule has 1 aliphatic heterocycles. The molecule has 0 bridgehead atoms. The molecular formula is C16H17ClN4O. The minimum Gasteiger partial charge on any atom is -0.357 e. The molecule has 2 aromatic heterocycles. The van der Waals surface area contributed by atoms with Crippen molar-refractivity contribution in [3.8, 4) is 0 Å². The van der Waals surface area contributed by atoms with Crippen LogP contribution in [0.25, 0.3) is 0 Å². The zero-order chi connectivity index (χ0) is 15.4. The second-order valence-electron chi connectivity index (χ2n) is 5.24. The van der Waals surface area contributed by atoms with Crippen LogP contribution in [0.5, 0.6) is 0 Å². The van der Waals surface area contributed by atoms with Crippen LogP contribution in [0.15, 0.2) is 36.7 Å². The van der Waals surface area contributed by atoms with Crippen molar-refractivity contribution in [1.29, 1.82) is 0 Å². The fourth-order valence-corrected chi connectivity index (χ4v) is 2.69. The number of hydrogen-bond acceptors (Lipinski definition) is 4. The summed E-state index contributed by atoms with van der Waals surface area (Å²) in [5.41, 5.74) is 1.34. The molecule has 22 heavy (non-hydrogen) atoms. The summed E-state index contributed by atoms with van der Waals surface area (Å²) in [6.07, 6.45) is 5.82. The molecule has 0 saturated carbocycles. The van der Waals surface area contributed by atoms with Crippen LogP contribution < -0.4 is 10.2 Å². The minimum atomic E-state index is -0.235. The summed E-state index contributed by atoms with van der Waals surface area (Å²) >= 11 is 5.90. The molecule has 1 saturated heterocycles. The lowest BCUT2D eigenvalue weighted by Gasteiger charge is -2.16. The van der Waals surface area contributed by atoms with Crippen LogP contribution in [-0.2, 0) is 6.54 Å². The van der Waals surface area contributed by atoms with Gasteiger partial charge < -0.3 is 10.2 Å². The van der Waals surface area contributed by atoms with Gasteiger partial charge in [0.1, 0.15) is 11.0 Å². The van der Waals surface area contributed by atoms with Gasteiger partial charge in [-0.2, -0.15) is 0 Å². The van der Waals surface area contributed by atoms with Crippen molar-refractivity contribution < 1.29 is 4.79 Å². The van der Waals surface area contributed by atoms with Crippen LogP contribution in [-0.4, -0.2) is 29.0 Å². The molecule has 3 heterocycles. The Kier molecular flexibility index (Phi) is 4.53. The number of nitrogens with one attached hydrogen (secondary N) is 1. The normalized spacial score (nSPS) is 14.1. The Morgan fingerprint density at radius 2 is 2.05 bits per heavy atom. The summed E-state index contributed by atoms with van der Waals surface area (Å²) in [7, 11) is 0. The second-order valence-corrected chi connectivity index (χ2v) is 5.60. The van der Waals surface area contributed by atoms with E-state index in [1.165, 1.54) is 12.8 Å². The first-order valence-corrected chi connectivity index (χ1v) is 7.70. The first-order valence-electron chi connectivity index (χ1n) is 7.32. The lowest BCUT2D eigenvalue weighted by atomic mass is 10.2. The van der Waals surface area contributed by atoms with E-state index in [0.717, 1.165) is 24.5 Å². The number of hydrogen-bond donors (Lipinski definition) is 1. The van der Waals surface area contributed by atoms with Gasteiger partial charge in [-0.05, 0) is 36.6 Å². The van der Waals surface area contributed by atoms with Gasteiger partial charge >= 0.3 is 0 Å². The summed E-state index contributed by atoms with van der Waals surface area (Å²) < 4.78 is 0. The fourth-order valence-electron chi connectivity index (χ4n) is 2.49. The van der Waals surface area contributed by atoms with E-state index in [-0.39, 0.29) is 11.1 Å². The third kappa shape index (κ3) is 3.36. The van der Waals surface area contributed by atoms with Gasteiger partial charge in [-0.1, -0.05) is 17.7 Å². The van der Waals surface area contributed by atoms with Crippen LogP contribution in [0.3, 0.4) is 0 Å². The average molecular weight is 317 g/mol. The first-order chi connectivity index (χ1) is 10.7. The van der Waals surface area contributed by atoms with Crippen LogP contribution in [0.1, 0.15) is 28.8 Å². The third-order valence-electron chi connectivity index (χ3n) is 3.70. The first kappa shape index (κ1) is 14.8. The van der Waals surface area contributed by atoms with Crippen LogP contribution in [0.4, 0.5) is 5.82 Å². The van der Waals surface area contributed by atoms with Crippen molar-refractivity contribution in [3.05, 3.63) is 52.9 Å². The van der Waals surface area contributed by atoms with Crippen molar-refractivity contribution >= 4 is 23.3 Å². The predicted molar refractivity (Wildman–Crippen MR) is 86.1 cm³/mol. The lowest BCUT2D eigenvalue weighted by Crippen LogP contribution is -2.23. The van der Waals surface area contributed by atoms with Crippen molar-refractivity contribution in [3.63, 3.8) is 0 Å². The summed E-state index contributed by atoms with van der Waals surface area (Å²) in [6, 6.07) is 7.34. The molecule has 0 atom stereocenters. The third-order valence-corrected chi connectivity index (χ3v) is 4.00. The molecule has 3 rings (SSSR count). The highest BCUT2D eigenvalue weighted by Crippen LogP contribution is 2.17. The Morgan fingerprint density at radius 3 is 2.73 bits per heavy atom. The molecule has 2 aromatic rings. The predicted octanol–water partition coefficient (Wildman–Crippen LogP) is 2.66. The second kappa shape index (κ2) is 6.75. The average Bonchev–Trinajstić information content (AvgIpc) is 3.08. The molecule has 0 spiro atoms. The van der Waals surface area contributed by atoms with Gasteiger partial charge in [0.15, 0.2) is 0 Å². The molecule has 6 heteroatoms. The number of nitrogens with zero attached hydrogens (tertiary/aromatic N) is 3. The van der Waals surface area contributed by atoms with Gasteiger partial charge in [0.2, 0.25) is 0 Å². The van der Waals surface area contributed by atoms with E-state index in [2.05, 4.69) is 20.2 Å². The van der Waals surface area contributed by atoms with Gasteiger partial charge in [0, 0.05) is 32.0 Å². The van der Waals surface area contributed by atoms with E-state index in [9.17, 15) is 4.79 Å². The molecule has 5 nitrogen and oxygen atoms in total. The maximum Gasteiger partial charge on any atom is 0.254 e. The molecule has 0 radical (unpaired) electrons. The van der Waals surface area contributed by atoms with Crippen LogP contribution >= 0.6 is 11.6 Å². The van der Waals surface area contributed by atoms with Crippen LogP contribution in [0.2, 0.25) is 5.15 Å². The number of carbonyl (C=O) groups is 1. The van der Waals surface area contributed by atoms with Crippen molar-refractivity contribution in [2.45, 2.75) is 19.4 Å². The number of pyridine rings is 2. The molecule has 1 fully saturated rings. The zero-order valence-corrected chi connectivity index (χ0v) is 12.9. The number of amides is 1. The van der Waals surface area contributed by atoms with Gasteiger partial charge in [-0.25, -0.2) is 9.97 Å². The molecule has 0 aliphatic carbocycles. The van der Waals surface area contributed by atoms with Gasteiger partial charge in [-0.15, -0.1) is 0 Å². The summed E-state index contributed by atoms with van der Waals surface area (Å²) in [6.45, 7) is 2.56. The summed E-state index contributed by atoms with van der Waals surface area (Å²) in [5.74, 6) is 0.768. The molecule has 0 aromatic carbocycles. The number of halogens is 1. The van der Waals surface area contributed by atoms with E-state index >= 15 is 0 Å². The Bertz CT molecular complexity index is 653. The number of rotatable bonds is 4. The Labute approximate surface area is 134 Å². The molecule has 1 amide bonds. The number of aromatic nitrogens is 2. The SMILES string of the molecule is O=C(NCc1ccc(N2CCCC2)nc1)c1cccnc1Cl. The van der Waals surface area contributed by atoms with Gasteiger partial charge in [0.05, 0.1) is 5.56 Å². The molecule has 1 N–H and O–H groups in total. The molecular weight excluding hydrogens is 300 g/mol. The van der Waals surface area contributed by atoms with E-state index < -0.39 is 0 Å². The smallest absolute Gasteiger partial charge is 0.254 e. The zero-order valence-electron chi connectivity index (χ0n) is 12.1. The van der Waals surface area contributed by atoms with Gasteiger partial charge in [0.25, 0.3) is 5.91 Å². The number of carbonyl (C=O) groups excluding carboxylic acids is 1. The Hall–Kier alpha value is -2.14. The minimum absolute atomic E-state index is 0.211. The largest absolute Gasteiger partial charge is 0.357 e. The molecule has 114 valence electrons. The van der Waals surface area contributed by atoms with E-state index in [1.54, 1.807) is 24.5 Å². The van der Waals surface area contributed by atoms with Crippen LogP contribution in [0, 0.1) is 0 Å². The van der Waals surface area contributed by atoms with Crippen molar-refractivity contribution in [2.24, 2.45) is 0 Å². The maximum absolute atomic E-state index is 12.1. The van der Waals surface area contributed by atoms with E-state index in [4.69, 9.17) is 11.6 Å². The van der Waals surface area contributed by atoms with Gasteiger partial charge in [-0.3, -0.25) is 4.79 Å². The Morgan fingerprint density at radius 1 is 1.23 bits per heavy atom. The maximum atomic E-state index is 12.1. The highest BCUT2D eigenvalue weighted by atomic mass is 35.5. The van der Waals surface area contributed by atoms with E-state index in [1.807, 2.05) is 12.1 Å². The summed E-state index contributed by atoms with van der Waals surface area (Å²) in [5, 5.41) is 3.04. The Balaban J connectivity index is 1.59. The molecule has 1 aliphatic rings. The monoisotopic (exact) mass is 316 g/mol. The standard InChI is InChI=1S/C16H17ClN4O/c17-15-13(4-3-7-18-15)16(22)20-11-12-5-6-14(19-10-12)21-8-1-2-9-21/h3-7,10H,1-2,8-9,11H2,(H,20,22). The quantitative estimate of drug-likeness (QED) is 0.881. The topological polar surface area (TPSA) is 58.1 Å². The van der Waals surface area contributed by atoms with Crippen molar-refractivity contribution in [1.82, 2.24) is 15.3 Å². The lowest BCUT2D eigenvalue weighted by molar-refractivity contribution is 0.0950. The van der Waals surface area contributed by atoms with E-state index in [0.29, 0.717) is 12.1 Å².